The summed E-state index contributed by atoms with van der Waals surface area (Å²) in [5.74, 6) is -1.85. The van der Waals surface area contributed by atoms with E-state index in [0.717, 1.165) is 51.4 Å². The fraction of sp³-hybridized carbons (Fsp3) is 0.950. The van der Waals surface area contributed by atoms with Crippen LogP contribution in [0.3, 0.4) is 0 Å². The summed E-state index contributed by atoms with van der Waals surface area (Å²) in [5, 5.41) is 21.3. The Hall–Kier alpha value is -1.18. The molecule has 47 heavy (non-hydrogen) atoms. The van der Waals surface area contributed by atoms with Gasteiger partial charge >= 0.3 is 11.9 Å². The second kappa shape index (κ2) is 19.9. The predicted molar refractivity (Wildman–Crippen MR) is 187 cm³/mol. The number of carbonyl (C=O) groups is 2. The van der Waals surface area contributed by atoms with Gasteiger partial charge in [-0.3, -0.25) is 9.59 Å². The lowest BCUT2D eigenvalue weighted by atomic mass is 9.52. The lowest BCUT2D eigenvalue weighted by molar-refractivity contribution is -0.181. The SMILES string of the molecule is CCCCCCC1OC1CCCCCCCCC1(C(=O)O)CC2OC2CC1(CCCCCCCCC1OC1CCCCCC)C(=O)O. The van der Waals surface area contributed by atoms with Gasteiger partial charge in [-0.2, -0.15) is 0 Å². The van der Waals surface area contributed by atoms with Crippen LogP contribution < -0.4 is 0 Å². The normalized spacial score (nSPS) is 32.2. The summed E-state index contributed by atoms with van der Waals surface area (Å²) in [6.45, 7) is 4.49. The van der Waals surface area contributed by atoms with Crippen LogP contribution in [0.1, 0.15) is 194 Å². The van der Waals surface area contributed by atoms with E-state index in [2.05, 4.69) is 13.8 Å². The zero-order valence-corrected chi connectivity index (χ0v) is 30.2. The van der Waals surface area contributed by atoms with Crippen LogP contribution in [0.15, 0.2) is 0 Å². The summed E-state index contributed by atoms with van der Waals surface area (Å²) in [6, 6.07) is 0. The average molecular weight is 663 g/mol. The van der Waals surface area contributed by atoms with E-state index in [1.54, 1.807) is 0 Å². The minimum atomic E-state index is -1.23. The van der Waals surface area contributed by atoms with Crippen molar-refractivity contribution in [2.45, 2.75) is 230 Å². The highest BCUT2D eigenvalue weighted by atomic mass is 16.6. The molecule has 0 spiro atoms. The smallest absolute Gasteiger partial charge is 0.310 e. The molecule has 0 aromatic heterocycles. The molecule has 7 nitrogen and oxygen atoms in total. The minimum Gasteiger partial charge on any atom is -0.481 e. The first-order chi connectivity index (χ1) is 22.9. The van der Waals surface area contributed by atoms with E-state index in [9.17, 15) is 19.8 Å². The van der Waals surface area contributed by atoms with Gasteiger partial charge in [0.1, 0.15) is 0 Å². The third-order valence-electron chi connectivity index (χ3n) is 12.3. The Kier molecular flexibility index (Phi) is 16.3. The van der Waals surface area contributed by atoms with E-state index in [1.165, 1.54) is 103 Å². The molecule has 7 heteroatoms. The summed E-state index contributed by atoms with van der Waals surface area (Å²) < 4.78 is 17.5. The molecule has 1 saturated carbocycles. The van der Waals surface area contributed by atoms with Gasteiger partial charge in [-0.25, -0.2) is 0 Å². The summed E-state index contributed by atoms with van der Waals surface area (Å²) >= 11 is 0. The average Bonchev–Trinajstić information content (AvgIpc) is 3.97. The number of epoxide rings is 3. The lowest BCUT2D eigenvalue weighted by Crippen LogP contribution is -2.56. The molecule has 8 atom stereocenters. The summed E-state index contributed by atoms with van der Waals surface area (Å²) in [5.41, 5.74) is -2.47. The number of carboxylic acids is 2. The van der Waals surface area contributed by atoms with Crippen LogP contribution in [0.2, 0.25) is 0 Å². The Bertz CT molecular complexity index is 852. The molecule has 8 unspecified atom stereocenters. The second-order valence-electron chi connectivity index (χ2n) is 15.8. The van der Waals surface area contributed by atoms with Gasteiger partial charge in [0.2, 0.25) is 0 Å². The van der Waals surface area contributed by atoms with Crippen molar-refractivity contribution in [3.05, 3.63) is 0 Å². The van der Waals surface area contributed by atoms with Crippen LogP contribution in [0.25, 0.3) is 0 Å². The largest absolute Gasteiger partial charge is 0.481 e. The molecular formula is C40H70O7. The maximum atomic E-state index is 13.0. The molecule has 0 bridgehead atoms. The van der Waals surface area contributed by atoms with Crippen LogP contribution in [-0.4, -0.2) is 58.8 Å². The molecule has 3 saturated heterocycles. The van der Waals surface area contributed by atoms with Gasteiger partial charge in [-0.1, -0.05) is 142 Å². The molecule has 2 N–H and O–H groups in total. The topological polar surface area (TPSA) is 112 Å². The van der Waals surface area contributed by atoms with Crippen molar-refractivity contribution < 1.29 is 34.0 Å². The number of aliphatic carboxylic acids is 2. The lowest BCUT2D eigenvalue weighted by Gasteiger charge is -2.47. The molecule has 0 aromatic rings. The monoisotopic (exact) mass is 663 g/mol. The van der Waals surface area contributed by atoms with Crippen LogP contribution >= 0.6 is 0 Å². The highest BCUT2D eigenvalue weighted by molar-refractivity contribution is 5.87. The van der Waals surface area contributed by atoms with Crippen molar-refractivity contribution >= 4 is 11.9 Å². The second-order valence-corrected chi connectivity index (χ2v) is 15.8. The van der Waals surface area contributed by atoms with Gasteiger partial charge in [0.15, 0.2) is 0 Å². The Morgan fingerprint density at radius 3 is 1.09 bits per heavy atom. The quantitative estimate of drug-likeness (QED) is 0.0581. The molecule has 272 valence electrons. The fourth-order valence-corrected chi connectivity index (χ4v) is 8.97. The number of hydrogen-bond donors (Lipinski definition) is 2. The molecule has 3 aliphatic heterocycles. The standard InChI is InChI=1S/C40H70O7/c1-3-5-7-17-23-31-33(45-31)25-19-13-9-11-15-21-27-39(37(41)42)29-35-36(47-35)30-40(39,38(43)44)28-22-16-12-10-14-20-26-34-32(46-34)24-18-8-6-4-2/h31-36H,3-30H2,1-2H3,(H,41,42)(H,43,44). The van der Waals surface area contributed by atoms with Crippen molar-refractivity contribution in [2.24, 2.45) is 10.8 Å². The maximum Gasteiger partial charge on any atom is 0.310 e. The third kappa shape index (κ3) is 11.7. The molecule has 4 fully saturated rings. The summed E-state index contributed by atoms with van der Waals surface area (Å²) in [4.78, 5) is 26.0. The van der Waals surface area contributed by atoms with E-state index in [1.807, 2.05) is 0 Å². The van der Waals surface area contributed by atoms with Gasteiger partial charge in [-0.15, -0.1) is 0 Å². The van der Waals surface area contributed by atoms with Gasteiger partial charge in [0.05, 0.1) is 47.5 Å². The fourth-order valence-electron chi connectivity index (χ4n) is 8.97. The van der Waals surface area contributed by atoms with Gasteiger partial charge in [-0.05, 0) is 51.4 Å². The molecular weight excluding hydrogens is 592 g/mol. The molecule has 1 aliphatic carbocycles. The van der Waals surface area contributed by atoms with Crippen molar-refractivity contribution in [1.29, 1.82) is 0 Å². The summed E-state index contributed by atoms with van der Waals surface area (Å²) in [7, 11) is 0. The van der Waals surface area contributed by atoms with E-state index in [0.29, 0.717) is 50.1 Å². The number of ether oxygens (including phenoxy) is 3. The highest BCUT2D eigenvalue weighted by Crippen LogP contribution is 2.61. The first-order valence-electron chi connectivity index (χ1n) is 20.3. The van der Waals surface area contributed by atoms with Crippen LogP contribution in [0.4, 0.5) is 0 Å². The zero-order valence-electron chi connectivity index (χ0n) is 30.2. The van der Waals surface area contributed by atoms with Gasteiger partial charge < -0.3 is 24.4 Å². The predicted octanol–water partition coefficient (Wildman–Crippen LogP) is 10.4. The summed E-state index contributed by atoms with van der Waals surface area (Å²) in [6.07, 6.45) is 31.3. The highest BCUT2D eigenvalue weighted by Gasteiger charge is 2.69. The van der Waals surface area contributed by atoms with E-state index in [-0.39, 0.29) is 12.2 Å². The molecule has 0 aromatic carbocycles. The zero-order chi connectivity index (χ0) is 33.5. The van der Waals surface area contributed by atoms with E-state index in [4.69, 9.17) is 14.2 Å². The molecule has 4 rings (SSSR count). The Morgan fingerprint density at radius 2 is 0.766 bits per heavy atom. The van der Waals surface area contributed by atoms with Crippen LogP contribution in [0.5, 0.6) is 0 Å². The first kappa shape index (κ1) is 38.6. The van der Waals surface area contributed by atoms with Crippen LogP contribution in [-0.2, 0) is 23.8 Å². The maximum absolute atomic E-state index is 13.0. The Balaban J connectivity index is 1.10. The van der Waals surface area contributed by atoms with Crippen molar-refractivity contribution in [1.82, 2.24) is 0 Å². The first-order valence-corrected chi connectivity index (χ1v) is 20.3. The third-order valence-corrected chi connectivity index (χ3v) is 12.3. The number of unbranched alkanes of at least 4 members (excludes halogenated alkanes) is 16. The number of hydrogen-bond acceptors (Lipinski definition) is 5. The molecule has 4 aliphatic rings. The van der Waals surface area contributed by atoms with Gasteiger partial charge in [0.25, 0.3) is 0 Å². The van der Waals surface area contributed by atoms with Crippen molar-refractivity contribution in [2.75, 3.05) is 0 Å². The molecule has 3 heterocycles. The minimum absolute atomic E-state index is 0.0786. The molecule has 0 amide bonds. The van der Waals surface area contributed by atoms with Crippen molar-refractivity contribution in [3.8, 4) is 0 Å². The van der Waals surface area contributed by atoms with E-state index < -0.39 is 22.8 Å². The van der Waals surface area contributed by atoms with Crippen molar-refractivity contribution in [3.63, 3.8) is 0 Å². The number of fused-ring (bicyclic) bond motifs is 1. The Labute approximate surface area is 286 Å². The molecule has 0 radical (unpaired) electrons. The van der Waals surface area contributed by atoms with Gasteiger partial charge in [0, 0.05) is 0 Å². The van der Waals surface area contributed by atoms with Crippen LogP contribution in [0, 0.1) is 10.8 Å². The number of carboxylic acid groups (broad SMARTS) is 2. The van der Waals surface area contributed by atoms with E-state index >= 15 is 0 Å². The Morgan fingerprint density at radius 1 is 0.468 bits per heavy atom. The number of rotatable bonds is 30.